The molecule has 0 aromatic rings. The lowest BCUT2D eigenvalue weighted by Crippen LogP contribution is -2.30. The fraction of sp³-hybridized carbons (Fsp3) is 0.945. The summed E-state index contributed by atoms with van der Waals surface area (Å²) in [5, 5.41) is 0. The van der Waals surface area contributed by atoms with Crippen LogP contribution in [0.4, 0.5) is 0 Å². The van der Waals surface area contributed by atoms with Crippen LogP contribution in [-0.4, -0.2) is 37.2 Å². The number of hydrogen-bond acceptors (Lipinski definition) is 6. The Labute approximate surface area is 380 Å². The van der Waals surface area contributed by atoms with Crippen LogP contribution in [0, 0.1) is 17.8 Å². The lowest BCUT2D eigenvalue weighted by Gasteiger charge is -2.18. The van der Waals surface area contributed by atoms with Gasteiger partial charge in [-0.1, -0.05) is 260 Å². The molecule has 6 heteroatoms. The molecule has 0 bridgehead atoms. The summed E-state index contributed by atoms with van der Waals surface area (Å²) < 4.78 is 16.8. The molecule has 0 fully saturated rings. The molecule has 0 amide bonds. The van der Waals surface area contributed by atoms with Gasteiger partial charge in [0.15, 0.2) is 6.10 Å². The summed E-state index contributed by atoms with van der Waals surface area (Å²) in [6, 6.07) is 0. The highest BCUT2D eigenvalue weighted by atomic mass is 16.6. The molecule has 0 radical (unpaired) electrons. The van der Waals surface area contributed by atoms with E-state index in [1.165, 1.54) is 180 Å². The summed E-state index contributed by atoms with van der Waals surface area (Å²) in [4.78, 5) is 38.0. The SMILES string of the molecule is CCC(C)CCCCCCCCCCCCC(=O)OC[C@@H](COC(=O)CCCCCCCCCCCCCCCCC(C)C)OC(=O)CCCCCCCCCCC(C)CC. The first kappa shape index (κ1) is 59.4. The first-order chi connectivity index (χ1) is 29.7. The van der Waals surface area contributed by atoms with Crippen molar-refractivity contribution in [2.75, 3.05) is 13.2 Å². The average Bonchev–Trinajstić information content (AvgIpc) is 3.24. The number of ether oxygens (including phenoxy) is 3. The fourth-order valence-electron chi connectivity index (χ4n) is 8.23. The van der Waals surface area contributed by atoms with Crippen LogP contribution >= 0.6 is 0 Å². The third kappa shape index (κ3) is 46.2. The van der Waals surface area contributed by atoms with Crippen molar-refractivity contribution in [1.82, 2.24) is 0 Å². The summed E-state index contributed by atoms with van der Waals surface area (Å²) >= 11 is 0. The molecule has 61 heavy (non-hydrogen) atoms. The van der Waals surface area contributed by atoms with Gasteiger partial charge in [0, 0.05) is 19.3 Å². The van der Waals surface area contributed by atoms with E-state index in [2.05, 4.69) is 41.5 Å². The van der Waals surface area contributed by atoms with Crippen LogP contribution in [0.5, 0.6) is 0 Å². The van der Waals surface area contributed by atoms with Crippen molar-refractivity contribution >= 4 is 17.9 Å². The van der Waals surface area contributed by atoms with E-state index in [-0.39, 0.29) is 31.1 Å². The molecule has 0 saturated carbocycles. The fourth-order valence-corrected chi connectivity index (χ4v) is 8.23. The zero-order valence-corrected chi connectivity index (χ0v) is 42.0. The molecular formula is C55H106O6. The van der Waals surface area contributed by atoms with Gasteiger partial charge in [0.2, 0.25) is 0 Å². The zero-order valence-electron chi connectivity index (χ0n) is 42.0. The van der Waals surface area contributed by atoms with E-state index in [0.29, 0.717) is 19.3 Å². The number of hydrogen-bond donors (Lipinski definition) is 0. The Morgan fingerprint density at radius 3 is 0.852 bits per heavy atom. The van der Waals surface area contributed by atoms with Gasteiger partial charge in [-0.15, -0.1) is 0 Å². The minimum atomic E-state index is -0.763. The molecule has 0 heterocycles. The van der Waals surface area contributed by atoms with Gasteiger partial charge in [-0.25, -0.2) is 0 Å². The minimum Gasteiger partial charge on any atom is -0.462 e. The van der Waals surface area contributed by atoms with Gasteiger partial charge in [-0.2, -0.15) is 0 Å². The van der Waals surface area contributed by atoms with Gasteiger partial charge in [0.1, 0.15) is 13.2 Å². The molecule has 0 aliphatic heterocycles. The largest absolute Gasteiger partial charge is 0.462 e. The van der Waals surface area contributed by atoms with Crippen molar-refractivity contribution in [2.45, 2.75) is 304 Å². The zero-order chi connectivity index (χ0) is 44.9. The molecule has 2 unspecified atom stereocenters. The Kier molecular flexibility index (Phi) is 45.2. The van der Waals surface area contributed by atoms with Gasteiger partial charge in [-0.3, -0.25) is 14.4 Å². The van der Waals surface area contributed by atoms with Crippen molar-refractivity contribution < 1.29 is 28.6 Å². The smallest absolute Gasteiger partial charge is 0.306 e. The second kappa shape index (κ2) is 46.4. The minimum absolute atomic E-state index is 0.0646. The van der Waals surface area contributed by atoms with E-state index in [1.807, 2.05) is 0 Å². The van der Waals surface area contributed by atoms with Crippen LogP contribution in [0.25, 0.3) is 0 Å². The quantitative estimate of drug-likeness (QED) is 0.0344. The van der Waals surface area contributed by atoms with Crippen molar-refractivity contribution in [1.29, 1.82) is 0 Å². The average molecular weight is 863 g/mol. The molecule has 0 saturated heterocycles. The van der Waals surface area contributed by atoms with E-state index in [9.17, 15) is 14.4 Å². The molecule has 0 rings (SSSR count). The molecule has 0 aromatic heterocycles. The van der Waals surface area contributed by atoms with Gasteiger partial charge in [0.25, 0.3) is 0 Å². The third-order valence-electron chi connectivity index (χ3n) is 13.1. The van der Waals surface area contributed by atoms with Gasteiger partial charge in [-0.05, 0) is 37.0 Å². The van der Waals surface area contributed by atoms with Crippen LogP contribution in [0.1, 0.15) is 298 Å². The Bertz CT molecular complexity index is 949. The van der Waals surface area contributed by atoms with E-state index in [4.69, 9.17) is 14.2 Å². The molecular weight excluding hydrogens is 757 g/mol. The molecule has 362 valence electrons. The predicted octanol–water partition coefficient (Wildman–Crippen LogP) is 17.6. The second-order valence-electron chi connectivity index (χ2n) is 19.8. The Balaban J connectivity index is 4.31. The highest BCUT2D eigenvalue weighted by Gasteiger charge is 2.19. The molecule has 0 aromatic carbocycles. The normalized spacial score (nSPS) is 13.0. The van der Waals surface area contributed by atoms with Crippen LogP contribution < -0.4 is 0 Å². The van der Waals surface area contributed by atoms with E-state index >= 15 is 0 Å². The molecule has 0 N–H and O–H groups in total. The van der Waals surface area contributed by atoms with E-state index in [0.717, 1.165) is 75.5 Å². The molecule has 0 aliphatic rings. The van der Waals surface area contributed by atoms with Gasteiger partial charge >= 0.3 is 17.9 Å². The van der Waals surface area contributed by atoms with Crippen molar-refractivity contribution in [3.05, 3.63) is 0 Å². The number of esters is 3. The standard InChI is InChI=1S/C55H106O6/c1-7-50(5)42-36-30-24-18-15-16-20-27-33-39-45-54(57)60-48-52(61-55(58)46-40-34-28-22-21-25-31-37-43-51(6)8-2)47-59-53(56)44-38-32-26-19-14-12-10-9-11-13-17-23-29-35-41-49(3)4/h49-52H,7-48H2,1-6H3/t50?,51?,52-/m1/s1. The monoisotopic (exact) mass is 863 g/mol. The van der Waals surface area contributed by atoms with Crippen molar-refractivity contribution in [3.8, 4) is 0 Å². The van der Waals surface area contributed by atoms with Crippen LogP contribution in [0.15, 0.2) is 0 Å². The predicted molar refractivity (Wildman–Crippen MR) is 261 cm³/mol. The molecule has 0 spiro atoms. The molecule has 6 nitrogen and oxygen atoms in total. The summed E-state index contributed by atoms with van der Waals surface area (Å²) in [7, 11) is 0. The summed E-state index contributed by atoms with van der Waals surface area (Å²) in [5.41, 5.74) is 0. The maximum Gasteiger partial charge on any atom is 0.306 e. The van der Waals surface area contributed by atoms with Crippen LogP contribution in [0.2, 0.25) is 0 Å². The maximum atomic E-state index is 12.8. The second-order valence-corrected chi connectivity index (χ2v) is 19.8. The Morgan fingerprint density at radius 2 is 0.574 bits per heavy atom. The molecule has 3 atom stereocenters. The van der Waals surface area contributed by atoms with Crippen molar-refractivity contribution in [3.63, 3.8) is 0 Å². The highest BCUT2D eigenvalue weighted by molar-refractivity contribution is 5.71. The highest BCUT2D eigenvalue weighted by Crippen LogP contribution is 2.19. The summed E-state index contributed by atoms with van der Waals surface area (Å²) in [5.74, 6) is 1.71. The van der Waals surface area contributed by atoms with Crippen LogP contribution in [-0.2, 0) is 28.6 Å². The first-order valence-electron chi connectivity index (χ1n) is 27.2. The Hall–Kier alpha value is -1.59. The third-order valence-corrected chi connectivity index (χ3v) is 13.1. The number of unbranched alkanes of at least 4 members (excludes halogenated alkanes) is 29. The lowest BCUT2D eigenvalue weighted by atomic mass is 9.99. The van der Waals surface area contributed by atoms with Gasteiger partial charge in [0.05, 0.1) is 0 Å². The lowest BCUT2D eigenvalue weighted by molar-refractivity contribution is -0.167. The van der Waals surface area contributed by atoms with Crippen LogP contribution in [0.3, 0.4) is 0 Å². The Morgan fingerprint density at radius 1 is 0.328 bits per heavy atom. The topological polar surface area (TPSA) is 78.9 Å². The van der Waals surface area contributed by atoms with Crippen molar-refractivity contribution in [2.24, 2.45) is 17.8 Å². The van der Waals surface area contributed by atoms with E-state index in [1.54, 1.807) is 0 Å². The summed E-state index contributed by atoms with van der Waals surface area (Å²) in [6.07, 6.45) is 46.5. The number of carbonyl (C=O) groups excluding carboxylic acids is 3. The number of carbonyl (C=O) groups is 3. The first-order valence-corrected chi connectivity index (χ1v) is 27.2. The number of rotatable bonds is 48. The summed E-state index contributed by atoms with van der Waals surface area (Å²) in [6.45, 7) is 13.8. The maximum absolute atomic E-state index is 12.8. The van der Waals surface area contributed by atoms with E-state index < -0.39 is 6.10 Å². The molecule has 0 aliphatic carbocycles. The van der Waals surface area contributed by atoms with Gasteiger partial charge < -0.3 is 14.2 Å².